The summed E-state index contributed by atoms with van der Waals surface area (Å²) in [6, 6.07) is 6.61. The average molecular weight is 339 g/mol. The van der Waals surface area contributed by atoms with Crippen molar-refractivity contribution < 1.29 is 18.3 Å². The molecule has 0 amide bonds. The maximum absolute atomic E-state index is 12.2. The van der Waals surface area contributed by atoms with Crippen molar-refractivity contribution in [3.8, 4) is 5.75 Å². The van der Waals surface area contributed by atoms with Crippen LogP contribution in [-0.2, 0) is 11.8 Å². The summed E-state index contributed by atoms with van der Waals surface area (Å²) in [6.07, 6.45) is -0.136. The molecule has 1 fully saturated rings. The Kier molecular flexibility index (Phi) is 5.00. The molecular weight excluding hydrogens is 320 g/mol. The van der Waals surface area contributed by atoms with E-state index in [9.17, 15) is 8.78 Å². The molecule has 130 valence electrons. The van der Waals surface area contributed by atoms with Gasteiger partial charge < -0.3 is 9.47 Å². The van der Waals surface area contributed by atoms with Gasteiger partial charge in [-0.05, 0) is 35.0 Å². The molecule has 2 unspecified atom stereocenters. The second-order valence-corrected chi connectivity index (χ2v) is 5.64. The summed E-state index contributed by atoms with van der Waals surface area (Å²) in [5, 5.41) is 11.6. The number of aryl methyl sites for hydroxylation is 1. The summed E-state index contributed by atoms with van der Waals surface area (Å²) in [5.41, 5.74) is 0.921. The molecule has 24 heavy (non-hydrogen) atoms. The maximum Gasteiger partial charge on any atom is 0.387 e. The minimum absolute atomic E-state index is 0.0536. The number of rotatable bonds is 5. The monoisotopic (exact) mass is 339 g/mol. The van der Waals surface area contributed by atoms with Crippen molar-refractivity contribution in [1.29, 1.82) is 0 Å². The fourth-order valence-corrected chi connectivity index (χ4v) is 2.84. The highest BCUT2D eigenvalue weighted by Crippen LogP contribution is 2.28. The van der Waals surface area contributed by atoms with E-state index in [0.717, 1.165) is 17.9 Å². The van der Waals surface area contributed by atoms with Crippen molar-refractivity contribution in [2.75, 3.05) is 19.7 Å². The Morgan fingerprint density at radius 2 is 2.04 bits per heavy atom. The van der Waals surface area contributed by atoms with Gasteiger partial charge in [0.2, 0.25) is 0 Å². The normalized spacial score (nSPS) is 20.3. The van der Waals surface area contributed by atoms with E-state index < -0.39 is 6.61 Å². The quantitative estimate of drug-likeness (QED) is 0.830. The smallest absolute Gasteiger partial charge is 0.387 e. The first-order valence-electron chi connectivity index (χ1n) is 7.67. The fourth-order valence-electron chi connectivity index (χ4n) is 2.84. The van der Waals surface area contributed by atoms with Gasteiger partial charge in [0.1, 0.15) is 5.75 Å². The summed E-state index contributed by atoms with van der Waals surface area (Å²) in [5.74, 6) is 0.927. The zero-order valence-electron chi connectivity index (χ0n) is 13.5. The number of tetrazole rings is 1. The number of nitrogens with zero attached hydrogens (tertiary/aromatic N) is 5. The molecule has 2 aromatic rings. The van der Waals surface area contributed by atoms with Crippen LogP contribution >= 0.6 is 0 Å². The van der Waals surface area contributed by atoms with E-state index in [1.165, 1.54) is 12.1 Å². The molecule has 0 N–H and O–H groups in total. The zero-order valence-corrected chi connectivity index (χ0v) is 13.5. The van der Waals surface area contributed by atoms with E-state index in [-0.39, 0.29) is 17.9 Å². The van der Waals surface area contributed by atoms with Gasteiger partial charge in [-0.2, -0.15) is 8.78 Å². The van der Waals surface area contributed by atoms with Gasteiger partial charge in [0.05, 0.1) is 18.8 Å². The Labute approximate surface area is 138 Å². The predicted molar refractivity (Wildman–Crippen MR) is 80.6 cm³/mol. The van der Waals surface area contributed by atoms with Crippen molar-refractivity contribution in [1.82, 2.24) is 25.1 Å². The number of aromatic nitrogens is 4. The highest BCUT2D eigenvalue weighted by atomic mass is 19.3. The van der Waals surface area contributed by atoms with Crippen LogP contribution in [-0.4, -0.2) is 51.4 Å². The summed E-state index contributed by atoms with van der Waals surface area (Å²) in [6.45, 7) is 1.25. The number of morpholine rings is 1. The molecule has 0 bridgehead atoms. The van der Waals surface area contributed by atoms with Crippen LogP contribution in [0.1, 0.15) is 30.5 Å². The highest BCUT2D eigenvalue weighted by molar-refractivity contribution is 5.29. The molecule has 0 radical (unpaired) electrons. The lowest BCUT2D eigenvalue weighted by Gasteiger charge is -2.36. The first-order valence-corrected chi connectivity index (χ1v) is 7.67. The van der Waals surface area contributed by atoms with Gasteiger partial charge in [0.25, 0.3) is 0 Å². The average Bonchev–Trinajstić information content (AvgIpc) is 3.00. The Balaban J connectivity index is 1.68. The van der Waals surface area contributed by atoms with Gasteiger partial charge >= 0.3 is 6.61 Å². The van der Waals surface area contributed by atoms with Gasteiger partial charge in [0.15, 0.2) is 5.82 Å². The third-order valence-corrected chi connectivity index (χ3v) is 4.15. The Morgan fingerprint density at radius 1 is 1.29 bits per heavy atom. The number of hydrogen-bond donors (Lipinski definition) is 0. The van der Waals surface area contributed by atoms with E-state index >= 15 is 0 Å². The van der Waals surface area contributed by atoms with Crippen molar-refractivity contribution in [3.63, 3.8) is 0 Å². The first-order chi connectivity index (χ1) is 11.5. The van der Waals surface area contributed by atoms with Crippen LogP contribution in [0.15, 0.2) is 24.3 Å². The molecule has 0 spiro atoms. The molecule has 3 rings (SSSR count). The number of halogens is 2. The van der Waals surface area contributed by atoms with Gasteiger partial charge in [0, 0.05) is 20.1 Å². The van der Waals surface area contributed by atoms with Crippen molar-refractivity contribution >= 4 is 0 Å². The second-order valence-electron chi connectivity index (χ2n) is 5.64. The topological polar surface area (TPSA) is 65.3 Å². The van der Waals surface area contributed by atoms with Gasteiger partial charge in [-0.3, -0.25) is 4.90 Å². The number of ether oxygens (including phenoxy) is 2. The molecule has 0 aliphatic carbocycles. The van der Waals surface area contributed by atoms with E-state index in [1.54, 1.807) is 16.8 Å². The van der Waals surface area contributed by atoms with E-state index in [2.05, 4.69) is 25.2 Å². The van der Waals surface area contributed by atoms with Crippen LogP contribution in [0, 0.1) is 0 Å². The molecule has 7 nitrogen and oxygen atoms in total. The SMILES string of the molecule is CC(c1nnnn1C)N1CCOC(c2ccc(OC(F)F)cc2)C1. The van der Waals surface area contributed by atoms with Gasteiger partial charge in [-0.25, -0.2) is 4.68 Å². The van der Waals surface area contributed by atoms with Crippen LogP contribution in [0.25, 0.3) is 0 Å². The molecule has 1 aliphatic rings. The summed E-state index contributed by atoms with van der Waals surface area (Å²) in [7, 11) is 1.81. The standard InChI is InChI=1S/C15H19F2N5O2/c1-10(14-18-19-20-21(14)2)22-7-8-23-13(9-22)11-3-5-12(6-4-11)24-15(16)17/h3-6,10,13,15H,7-9H2,1-2H3. The highest BCUT2D eigenvalue weighted by Gasteiger charge is 2.28. The van der Waals surface area contributed by atoms with Crippen molar-refractivity contribution in [2.24, 2.45) is 7.05 Å². The molecule has 2 heterocycles. The Hall–Kier alpha value is -2.13. The Bertz CT molecular complexity index is 664. The van der Waals surface area contributed by atoms with Crippen molar-refractivity contribution in [3.05, 3.63) is 35.7 Å². The zero-order chi connectivity index (χ0) is 17.1. The molecule has 1 aromatic carbocycles. The van der Waals surface area contributed by atoms with E-state index in [0.29, 0.717) is 13.2 Å². The molecule has 1 saturated heterocycles. The van der Waals surface area contributed by atoms with Crippen LogP contribution in [0.4, 0.5) is 8.78 Å². The van der Waals surface area contributed by atoms with Crippen molar-refractivity contribution in [2.45, 2.75) is 25.7 Å². The summed E-state index contributed by atoms with van der Waals surface area (Å²) >= 11 is 0. The first kappa shape index (κ1) is 16.7. The van der Waals surface area contributed by atoms with Crippen LogP contribution in [0.2, 0.25) is 0 Å². The molecule has 1 aliphatic heterocycles. The molecule has 2 atom stereocenters. The maximum atomic E-state index is 12.2. The Morgan fingerprint density at radius 3 is 2.67 bits per heavy atom. The lowest BCUT2D eigenvalue weighted by atomic mass is 10.1. The lowest BCUT2D eigenvalue weighted by Crippen LogP contribution is -2.40. The number of benzene rings is 1. The van der Waals surface area contributed by atoms with E-state index in [1.807, 2.05) is 14.0 Å². The molecular formula is C15H19F2N5O2. The number of alkyl halides is 2. The van der Waals surface area contributed by atoms with Gasteiger partial charge in [-0.1, -0.05) is 12.1 Å². The molecule has 1 aromatic heterocycles. The third-order valence-electron chi connectivity index (χ3n) is 4.15. The molecule has 0 saturated carbocycles. The van der Waals surface area contributed by atoms with Crippen LogP contribution < -0.4 is 4.74 Å². The second kappa shape index (κ2) is 7.18. The summed E-state index contributed by atoms with van der Waals surface area (Å²) in [4.78, 5) is 2.24. The molecule has 9 heteroatoms. The minimum atomic E-state index is -2.82. The fraction of sp³-hybridized carbons (Fsp3) is 0.533. The third kappa shape index (κ3) is 3.68. The van der Waals surface area contributed by atoms with E-state index in [4.69, 9.17) is 4.74 Å². The minimum Gasteiger partial charge on any atom is -0.435 e. The number of hydrogen-bond acceptors (Lipinski definition) is 6. The van der Waals surface area contributed by atoms with Crippen LogP contribution in [0.3, 0.4) is 0 Å². The predicted octanol–water partition coefficient (Wildman–Crippen LogP) is 1.95. The lowest BCUT2D eigenvalue weighted by molar-refractivity contribution is -0.0503. The summed E-state index contributed by atoms with van der Waals surface area (Å²) < 4.78 is 36.3. The van der Waals surface area contributed by atoms with Crippen LogP contribution in [0.5, 0.6) is 5.75 Å². The van der Waals surface area contributed by atoms with Gasteiger partial charge in [-0.15, -0.1) is 5.10 Å². The largest absolute Gasteiger partial charge is 0.435 e.